The van der Waals surface area contributed by atoms with Crippen LogP contribution in [0.5, 0.6) is 0 Å². The Labute approximate surface area is 89.3 Å². The van der Waals surface area contributed by atoms with Gasteiger partial charge in [-0.15, -0.1) is 52.7 Å². The maximum atomic E-state index is 11.7. The Bertz CT molecular complexity index is 217. The van der Waals surface area contributed by atoms with Gasteiger partial charge in [-0.2, -0.15) is 0 Å². The summed E-state index contributed by atoms with van der Waals surface area (Å²) in [7, 11) is 0. The molecule has 0 aliphatic carbocycles. The van der Waals surface area contributed by atoms with Gasteiger partial charge in [-0.05, 0) is 0 Å². The van der Waals surface area contributed by atoms with E-state index >= 15 is 0 Å². The molecule has 0 rings (SSSR count). The average molecular weight is 307 g/mol. The normalized spacial score (nSPS) is 15.3. The van der Waals surface area contributed by atoms with E-state index in [0.29, 0.717) is 0 Å². The van der Waals surface area contributed by atoms with Crippen molar-refractivity contribution in [2.75, 3.05) is 0 Å². The molecule has 0 saturated heterocycles. The number of rotatable bonds is 0. The number of hydrogen-bond acceptors (Lipinski definition) is 1. The van der Waals surface area contributed by atoms with Gasteiger partial charge in [0.2, 0.25) is 0 Å². The molecule has 0 aliphatic rings. The smallest absolute Gasteiger partial charge is 0.583 e. The van der Waals surface area contributed by atoms with Crippen molar-refractivity contribution in [2.45, 2.75) is 25.2 Å². The summed E-state index contributed by atoms with van der Waals surface area (Å²) in [6.45, 7) is 0. The van der Waals surface area contributed by atoms with E-state index in [9.17, 15) is 52.7 Å². The van der Waals surface area contributed by atoms with Crippen molar-refractivity contribution in [1.82, 2.24) is 0 Å². The third-order valence-electron chi connectivity index (χ3n) is 1.52. The minimum atomic E-state index is -7.67. The van der Waals surface area contributed by atoms with E-state index in [4.69, 9.17) is 0 Å². The molecule has 14 heteroatoms. The summed E-state index contributed by atoms with van der Waals surface area (Å²) >= 11 is 0. The third-order valence-corrected chi connectivity index (χ3v) is 1.52. The van der Waals surface area contributed by atoms with Crippen molar-refractivity contribution >= 4 is 0 Å². The minimum absolute atomic E-state index is 0. The standard InChI is InChI=1S/C4F12N.H2O/c5-1(6,7)17(2(8,9)10,3(11,12)13)4(14,15)16;/h;1H2/q+1;/p-1. The summed E-state index contributed by atoms with van der Waals surface area (Å²) in [6, 6.07) is 0. The second-order valence-electron chi connectivity index (χ2n) is 2.54. The average Bonchev–Trinajstić information content (AvgIpc) is 1.67. The van der Waals surface area contributed by atoms with Gasteiger partial charge in [0, 0.05) is 4.48 Å². The van der Waals surface area contributed by atoms with Crippen LogP contribution in [-0.4, -0.2) is 35.2 Å². The summed E-state index contributed by atoms with van der Waals surface area (Å²) in [4.78, 5) is 0. The van der Waals surface area contributed by atoms with E-state index in [1.165, 1.54) is 0 Å². The Morgan fingerprint density at radius 3 is 0.500 bits per heavy atom. The zero-order valence-electron chi connectivity index (χ0n) is 7.43. The van der Waals surface area contributed by atoms with E-state index in [-0.39, 0.29) is 5.48 Å². The molecule has 0 radical (unpaired) electrons. The molecule has 0 aromatic heterocycles. The topological polar surface area (TPSA) is 30.0 Å². The van der Waals surface area contributed by atoms with Gasteiger partial charge >= 0.3 is 25.2 Å². The zero-order chi connectivity index (χ0) is 14.5. The largest absolute Gasteiger partial charge is 0.870 e. The Morgan fingerprint density at radius 2 is 0.500 bits per heavy atom. The predicted octanol–water partition coefficient (Wildman–Crippen LogP) is 3.71. The number of alkyl halides is 12. The lowest BCUT2D eigenvalue weighted by Crippen LogP contribution is -2.78. The quantitative estimate of drug-likeness (QED) is 0.381. The van der Waals surface area contributed by atoms with E-state index < -0.39 is 29.7 Å². The Morgan fingerprint density at radius 1 is 0.389 bits per heavy atom. The highest BCUT2D eigenvalue weighted by Crippen LogP contribution is 2.58. The Balaban J connectivity index is 0. The minimum Gasteiger partial charge on any atom is -0.870 e. The fraction of sp³-hybridized carbons (Fsp3) is 1.00. The van der Waals surface area contributed by atoms with Crippen molar-refractivity contribution in [1.29, 1.82) is 0 Å². The van der Waals surface area contributed by atoms with Crippen LogP contribution in [-0.2, 0) is 0 Å². The van der Waals surface area contributed by atoms with Gasteiger partial charge in [-0.3, -0.25) is 0 Å². The van der Waals surface area contributed by atoms with Gasteiger partial charge in [0.05, 0.1) is 0 Å². The predicted molar refractivity (Wildman–Crippen MR) is 26.4 cm³/mol. The number of nitrogens with zero attached hydrogens (tertiary/aromatic N) is 1. The first-order valence-electron chi connectivity index (χ1n) is 3.16. The van der Waals surface area contributed by atoms with Crippen LogP contribution in [0.1, 0.15) is 0 Å². The van der Waals surface area contributed by atoms with Gasteiger partial charge in [-0.25, -0.2) is 0 Å². The van der Waals surface area contributed by atoms with Gasteiger partial charge < -0.3 is 5.48 Å². The summed E-state index contributed by atoms with van der Waals surface area (Å²) in [5.74, 6) is 0. The Kier molecular flexibility index (Phi) is 4.67. The third kappa shape index (κ3) is 2.43. The first-order chi connectivity index (χ1) is 7.00. The maximum absolute atomic E-state index is 11.7. The van der Waals surface area contributed by atoms with Gasteiger partial charge in [0.15, 0.2) is 0 Å². The molecular formula is C4HF12NO. The van der Waals surface area contributed by atoms with Crippen molar-refractivity contribution in [3.05, 3.63) is 0 Å². The fourth-order valence-corrected chi connectivity index (χ4v) is 0.862. The second-order valence-corrected chi connectivity index (χ2v) is 2.54. The monoisotopic (exact) mass is 307 g/mol. The molecule has 0 saturated carbocycles. The molecule has 1 N–H and O–H groups in total. The van der Waals surface area contributed by atoms with Gasteiger partial charge in [0.1, 0.15) is 0 Å². The Hall–Kier alpha value is -0.920. The number of quaternary nitrogens is 1. The summed E-state index contributed by atoms with van der Waals surface area (Å²) in [5.41, 5.74) is 0. The lowest BCUT2D eigenvalue weighted by Gasteiger charge is -2.38. The number of hydrogen-bond donors (Lipinski definition) is 0. The first-order valence-corrected chi connectivity index (χ1v) is 3.16. The molecule has 112 valence electrons. The molecule has 0 aromatic carbocycles. The summed E-state index contributed by atoms with van der Waals surface area (Å²) < 4.78 is 133. The molecule has 0 heterocycles. The van der Waals surface area contributed by atoms with Crippen LogP contribution in [0, 0.1) is 0 Å². The molecule has 0 fully saturated rings. The first kappa shape index (κ1) is 19.4. The molecule has 2 nitrogen and oxygen atoms in total. The highest BCUT2D eigenvalue weighted by atomic mass is 19.5. The van der Waals surface area contributed by atoms with Crippen molar-refractivity contribution in [2.24, 2.45) is 0 Å². The fourth-order valence-electron chi connectivity index (χ4n) is 0.862. The molecule has 0 spiro atoms. The highest BCUT2D eigenvalue weighted by Gasteiger charge is 2.95. The maximum Gasteiger partial charge on any atom is 0.583 e. The molecule has 0 unspecified atom stereocenters. The molecule has 18 heavy (non-hydrogen) atoms. The molecule has 0 aliphatic heterocycles. The van der Waals surface area contributed by atoms with Crippen LogP contribution in [0.4, 0.5) is 52.7 Å². The van der Waals surface area contributed by atoms with Crippen LogP contribution >= 0.6 is 0 Å². The zero-order valence-corrected chi connectivity index (χ0v) is 7.43. The van der Waals surface area contributed by atoms with E-state index in [1.54, 1.807) is 0 Å². The summed E-state index contributed by atoms with van der Waals surface area (Å²) in [5, 5.41) is 0. The van der Waals surface area contributed by atoms with Gasteiger partial charge in [0.25, 0.3) is 0 Å². The van der Waals surface area contributed by atoms with E-state index in [1.807, 2.05) is 0 Å². The second kappa shape index (κ2) is 4.32. The van der Waals surface area contributed by atoms with Crippen LogP contribution in [0.2, 0.25) is 0 Å². The molecule has 0 aromatic rings. The van der Waals surface area contributed by atoms with Gasteiger partial charge in [-0.1, -0.05) is 0 Å². The molecule has 0 bridgehead atoms. The van der Waals surface area contributed by atoms with Crippen molar-refractivity contribution in [3.63, 3.8) is 0 Å². The van der Waals surface area contributed by atoms with Crippen LogP contribution in [0.3, 0.4) is 0 Å². The molecule has 0 atom stereocenters. The lowest BCUT2D eigenvalue weighted by atomic mass is 10.5. The lowest BCUT2D eigenvalue weighted by molar-refractivity contribution is -1.23. The van der Waals surface area contributed by atoms with Crippen molar-refractivity contribution < 1.29 is 62.6 Å². The van der Waals surface area contributed by atoms with Crippen molar-refractivity contribution in [3.8, 4) is 0 Å². The summed E-state index contributed by atoms with van der Waals surface area (Å²) in [6.07, 6.45) is -30.7. The van der Waals surface area contributed by atoms with E-state index in [0.717, 1.165) is 0 Å². The highest BCUT2D eigenvalue weighted by molar-refractivity contribution is 4.55. The SMILES string of the molecule is FC(F)(F)[N+](C(F)(F)F)(C(F)(F)F)C(F)(F)F.[OH-]. The molecular weight excluding hydrogens is 306 g/mol. The molecule has 0 amide bonds. The van der Waals surface area contributed by atoms with E-state index in [2.05, 4.69) is 0 Å². The van der Waals surface area contributed by atoms with Crippen LogP contribution in [0.25, 0.3) is 0 Å². The number of halogens is 12. The van der Waals surface area contributed by atoms with Crippen LogP contribution in [0.15, 0.2) is 0 Å². The van der Waals surface area contributed by atoms with Crippen LogP contribution < -0.4 is 0 Å².